The summed E-state index contributed by atoms with van der Waals surface area (Å²) in [6.07, 6.45) is 9.84. The van der Waals surface area contributed by atoms with Gasteiger partial charge in [0.2, 0.25) is 0 Å². The summed E-state index contributed by atoms with van der Waals surface area (Å²) in [5, 5.41) is 10.2. The van der Waals surface area contributed by atoms with Crippen LogP contribution in [0.25, 0.3) is 33.4 Å². The Morgan fingerprint density at radius 1 is 0.967 bits per heavy atom. The van der Waals surface area contributed by atoms with Crippen molar-refractivity contribution in [2.45, 2.75) is 33.1 Å². The Labute approximate surface area is 175 Å². The molecule has 4 aromatic heterocycles. The predicted molar refractivity (Wildman–Crippen MR) is 119 cm³/mol. The van der Waals surface area contributed by atoms with E-state index in [-0.39, 0.29) is 0 Å². The van der Waals surface area contributed by atoms with E-state index in [1.165, 1.54) is 40.4 Å². The van der Waals surface area contributed by atoms with Crippen molar-refractivity contribution in [3.63, 3.8) is 0 Å². The van der Waals surface area contributed by atoms with Crippen molar-refractivity contribution in [2.24, 2.45) is 5.92 Å². The van der Waals surface area contributed by atoms with Crippen molar-refractivity contribution in [2.75, 3.05) is 0 Å². The van der Waals surface area contributed by atoms with Crippen LogP contribution in [0.5, 0.6) is 0 Å². The first-order valence-electron chi connectivity index (χ1n) is 10.5. The summed E-state index contributed by atoms with van der Waals surface area (Å²) >= 11 is 0. The van der Waals surface area contributed by atoms with Gasteiger partial charge >= 0.3 is 0 Å². The molecule has 0 radical (unpaired) electrons. The summed E-state index contributed by atoms with van der Waals surface area (Å²) < 4.78 is 4.35. The molecule has 1 aromatic carbocycles. The quantitative estimate of drug-likeness (QED) is 0.416. The molecule has 0 spiro atoms. The van der Waals surface area contributed by atoms with Gasteiger partial charge in [0.1, 0.15) is 5.82 Å². The van der Waals surface area contributed by atoms with Gasteiger partial charge in [0.25, 0.3) is 0 Å². The second kappa shape index (κ2) is 6.52. The number of rotatable bonds is 4. The van der Waals surface area contributed by atoms with E-state index < -0.39 is 0 Å². The first-order chi connectivity index (χ1) is 14.7. The summed E-state index contributed by atoms with van der Waals surface area (Å²) in [6.45, 7) is 4.15. The molecule has 0 atom stereocenters. The smallest absolute Gasteiger partial charge is 0.164 e. The van der Waals surface area contributed by atoms with E-state index in [1.807, 2.05) is 19.2 Å². The molecule has 4 heterocycles. The Kier molecular flexibility index (Phi) is 3.78. The molecular weight excluding hydrogens is 370 g/mol. The maximum Gasteiger partial charge on any atom is 0.164 e. The lowest BCUT2D eigenvalue weighted by molar-refractivity contribution is 0.758. The number of aryl methyl sites for hydroxylation is 2. The van der Waals surface area contributed by atoms with Crippen LogP contribution < -0.4 is 0 Å². The molecular formula is C25H23N5. The summed E-state index contributed by atoms with van der Waals surface area (Å²) in [5.74, 6) is 1.88. The molecule has 1 fully saturated rings. The third kappa shape index (κ3) is 2.81. The number of benzene rings is 1. The Morgan fingerprint density at radius 3 is 2.67 bits per heavy atom. The predicted octanol–water partition coefficient (Wildman–Crippen LogP) is 5.30. The molecule has 1 saturated carbocycles. The van der Waals surface area contributed by atoms with E-state index in [0.29, 0.717) is 0 Å². The van der Waals surface area contributed by atoms with Crippen LogP contribution in [-0.2, 0) is 6.42 Å². The minimum atomic E-state index is 0.799. The first kappa shape index (κ1) is 17.4. The number of fused-ring (bicyclic) bond motifs is 2. The Bertz CT molecular complexity index is 1390. The first-order valence-corrected chi connectivity index (χ1v) is 10.5. The molecule has 5 nitrogen and oxygen atoms in total. The van der Waals surface area contributed by atoms with Gasteiger partial charge in [-0.1, -0.05) is 6.07 Å². The molecule has 148 valence electrons. The average Bonchev–Trinajstić information content (AvgIpc) is 3.33. The lowest BCUT2D eigenvalue weighted by Gasteiger charge is -2.10. The zero-order valence-electron chi connectivity index (χ0n) is 17.2. The zero-order chi connectivity index (χ0) is 20.2. The van der Waals surface area contributed by atoms with Crippen LogP contribution in [-0.4, -0.2) is 24.1 Å². The summed E-state index contributed by atoms with van der Waals surface area (Å²) in [5.41, 5.74) is 7.83. The van der Waals surface area contributed by atoms with Crippen LogP contribution in [0.2, 0.25) is 0 Å². The second-order valence-corrected chi connectivity index (χ2v) is 8.43. The molecule has 1 aliphatic carbocycles. The van der Waals surface area contributed by atoms with Crippen molar-refractivity contribution in [1.29, 1.82) is 0 Å². The molecule has 0 bridgehead atoms. The summed E-state index contributed by atoms with van der Waals surface area (Å²) in [4.78, 5) is 4.44. The molecule has 1 aliphatic rings. The molecule has 0 N–H and O–H groups in total. The molecule has 5 heteroatoms. The lowest BCUT2D eigenvalue weighted by atomic mass is 10.0. The number of hydrogen-bond acceptors (Lipinski definition) is 3. The van der Waals surface area contributed by atoms with Crippen LogP contribution in [0.15, 0.2) is 61.1 Å². The maximum absolute atomic E-state index is 4.50. The molecule has 6 rings (SSSR count). The van der Waals surface area contributed by atoms with E-state index >= 15 is 0 Å². The Morgan fingerprint density at radius 2 is 1.87 bits per heavy atom. The molecule has 0 aliphatic heterocycles. The molecule has 0 unspecified atom stereocenters. The fraction of sp³-hybridized carbons (Fsp3) is 0.240. The molecule has 0 saturated heterocycles. The Balaban J connectivity index is 1.41. The van der Waals surface area contributed by atoms with Gasteiger partial charge in [-0.25, -0.2) is 0 Å². The third-order valence-corrected chi connectivity index (χ3v) is 6.24. The van der Waals surface area contributed by atoms with Gasteiger partial charge in [-0.15, -0.1) is 10.2 Å². The number of hydrogen-bond donors (Lipinski definition) is 0. The molecule has 30 heavy (non-hydrogen) atoms. The number of pyridine rings is 2. The van der Waals surface area contributed by atoms with Crippen LogP contribution in [0, 0.1) is 19.8 Å². The minimum Gasteiger partial charge on any atom is -0.315 e. The standard InChI is InChI=1S/C25H23N5/c1-16-3-7-21(15-26-16)29-11-9-20-14-19(6-8-23(20)29)22-10-12-30-24(13-18-4-5-18)27-28-25(30)17(22)2/h3,6-12,14-15,18H,4-5,13H2,1-2H3. The van der Waals surface area contributed by atoms with Crippen molar-refractivity contribution < 1.29 is 0 Å². The Hall–Kier alpha value is -3.47. The number of aromatic nitrogens is 5. The van der Waals surface area contributed by atoms with Crippen LogP contribution in [0.3, 0.4) is 0 Å². The van der Waals surface area contributed by atoms with Gasteiger partial charge in [0.05, 0.1) is 17.4 Å². The normalized spacial score (nSPS) is 14.1. The maximum atomic E-state index is 4.50. The van der Waals surface area contributed by atoms with Gasteiger partial charge < -0.3 is 4.57 Å². The van der Waals surface area contributed by atoms with Gasteiger partial charge in [-0.3, -0.25) is 9.38 Å². The lowest BCUT2D eigenvalue weighted by Crippen LogP contribution is -1.98. The van der Waals surface area contributed by atoms with E-state index in [9.17, 15) is 0 Å². The highest BCUT2D eigenvalue weighted by molar-refractivity contribution is 5.88. The fourth-order valence-corrected chi connectivity index (χ4v) is 4.30. The second-order valence-electron chi connectivity index (χ2n) is 8.43. The van der Waals surface area contributed by atoms with Crippen molar-refractivity contribution >= 4 is 16.6 Å². The SMILES string of the molecule is Cc1ccc(-n2ccc3cc(-c4ccn5c(CC6CC6)nnc5c4C)ccc32)cn1. The minimum absolute atomic E-state index is 0.799. The zero-order valence-corrected chi connectivity index (χ0v) is 17.2. The van der Waals surface area contributed by atoms with E-state index in [2.05, 4.69) is 79.9 Å². The van der Waals surface area contributed by atoms with E-state index in [0.717, 1.165) is 35.2 Å². The van der Waals surface area contributed by atoms with E-state index in [4.69, 9.17) is 0 Å². The fourth-order valence-electron chi connectivity index (χ4n) is 4.30. The van der Waals surface area contributed by atoms with Crippen molar-refractivity contribution in [1.82, 2.24) is 24.1 Å². The van der Waals surface area contributed by atoms with Gasteiger partial charge in [-0.2, -0.15) is 0 Å². The third-order valence-electron chi connectivity index (χ3n) is 6.24. The summed E-state index contributed by atoms with van der Waals surface area (Å²) in [7, 11) is 0. The highest BCUT2D eigenvalue weighted by atomic mass is 15.2. The van der Waals surface area contributed by atoms with Crippen LogP contribution in [0.4, 0.5) is 0 Å². The topological polar surface area (TPSA) is 48.0 Å². The van der Waals surface area contributed by atoms with Crippen LogP contribution in [0.1, 0.15) is 29.9 Å². The van der Waals surface area contributed by atoms with Crippen LogP contribution >= 0.6 is 0 Å². The highest BCUT2D eigenvalue weighted by Gasteiger charge is 2.24. The highest BCUT2D eigenvalue weighted by Crippen LogP contribution is 2.34. The van der Waals surface area contributed by atoms with Gasteiger partial charge in [0.15, 0.2) is 5.65 Å². The monoisotopic (exact) mass is 393 g/mol. The largest absolute Gasteiger partial charge is 0.315 e. The molecule has 0 amide bonds. The van der Waals surface area contributed by atoms with Gasteiger partial charge in [0, 0.05) is 35.5 Å². The summed E-state index contributed by atoms with van der Waals surface area (Å²) in [6, 6.07) is 15.2. The number of nitrogens with zero attached hydrogens (tertiary/aromatic N) is 5. The van der Waals surface area contributed by atoms with Gasteiger partial charge in [-0.05, 0) is 80.1 Å². The van der Waals surface area contributed by atoms with Crippen molar-refractivity contribution in [3.8, 4) is 16.8 Å². The average molecular weight is 393 g/mol. The molecule has 5 aromatic rings. The van der Waals surface area contributed by atoms with Crippen molar-refractivity contribution in [3.05, 3.63) is 78.1 Å². The van der Waals surface area contributed by atoms with E-state index in [1.54, 1.807) is 0 Å².